The number of nitrogens with one attached hydrogen (secondary N) is 1. The van der Waals surface area contributed by atoms with Gasteiger partial charge >= 0.3 is 0 Å². The molecule has 2 rings (SSSR count). The molecule has 0 aromatic rings. The summed E-state index contributed by atoms with van der Waals surface area (Å²) in [5, 5.41) is 3.47. The van der Waals surface area contributed by atoms with Crippen LogP contribution in [0.4, 0.5) is 0 Å². The van der Waals surface area contributed by atoms with Crippen molar-refractivity contribution in [3.05, 3.63) is 0 Å². The third-order valence-electron chi connectivity index (χ3n) is 4.70. The molecule has 1 atom stereocenters. The Morgan fingerprint density at radius 1 is 1.19 bits per heavy atom. The van der Waals surface area contributed by atoms with E-state index in [1.165, 1.54) is 12.8 Å². The highest BCUT2D eigenvalue weighted by molar-refractivity contribution is 7.86. The fraction of sp³-hybridized carbons (Fsp3) is 1.00. The summed E-state index contributed by atoms with van der Waals surface area (Å²) >= 11 is 0. The second kappa shape index (κ2) is 7.90. The number of hydrogen-bond donors (Lipinski definition) is 1. The monoisotopic (exact) mass is 317 g/mol. The smallest absolute Gasteiger partial charge is 0.282 e. The highest BCUT2D eigenvalue weighted by Gasteiger charge is 2.33. The Labute approximate surface area is 130 Å². The van der Waals surface area contributed by atoms with Gasteiger partial charge < -0.3 is 5.32 Å². The number of piperidine rings is 2. The minimum absolute atomic E-state index is 0.323. The van der Waals surface area contributed by atoms with Crippen molar-refractivity contribution in [1.29, 1.82) is 0 Å². The SMILES string of the molecule is CCCN(CC1CCCCN1)S(=O)(=O)N1CCC(C)CC1. The van der Waals surface area contributed by atoms with Crippen molar-refractivity contribution in [3.8, 4) is 0 Å². The summed E-state index contributed by atoms with van der Waals surface area (Å²) in [5.74, 6) is 0.649. The molecule has 0 bridgehead atoms. The van der Waals surface area contributed by atoms with Crippen LogP contribution in [0.25, 0.3) is 0 Å². The van der Waals surface area contributed by atoms with Gasteiger partial charge in [0.05, 0.1) is 0 Å². The zero-order valence-electron chi connectivity index (χ0n) is 13.6. The maximum atomic E-state index is 12.9. The van der Waals surface area contributed by atoms with E-state index in [1.807, 2.05) is 0 Å². The summed E-state index contributed by atoms with van der Waals surface area (Å²) in [6.45, 7) is 7.90. The topological polar surface area (TPSA) is 52.7 Å². The zero-order chi connectivity index (χ0) is 15.3. The van der Waals surface area contributed by atoms with Crippen molar-refractivity contribution in [3.63, 3.8) is 0 Å². The van der Waals surface area contributed by atoms with E-state index >= 15 is 0 Å². The molecule has 2 saturated heterocycles. The molecule has 2 aliphatic rings. The first-order valence-corrected chi connectivity index (χ1v) is 9.92. The van der Waals surface area contributed by atoms with Crippen LogP contribution in [0.1, 0.15) is 52.4 Å². The van der Waals surface area contributed by atoms with Crippen LogP contribution in [0.15, 0.2) is 0 Å². The molecular weight excluding hydrogens is 286 g/mol. The van der Waals surface area contributed by atoms with Gasteiger partial charge in [-0.1, -0.05) is 20.3 Å². The predicted molar refractivity (Wildman–Crippen MR) is 86.4 cm³/mol. The summed E-state index contributed by atoms with van der Waals surface area (Å²) in [4.78, 5) is 0. The van der Waals surface area contributed by atoms with E-state index in [0.29, 0.717) is 38.1 Å². The van der Waals surface area contributed by atoms with Crippen molar-refractivity contribution in [2.45, 2.75) is 58.4 Å². The lowest BCUT2D eigenvalue weighted by atomic mass is 10.0. The first-order chi connectivity index (χ1) is 10.0. The molecule has 0 amide bonds. The van der Waals surface area contributed by atoms with E-state index in [4.69, 9.17) is 0 Å². The summed E-state index contributed by atoms with van der Waals surface area (Å²) in [5.41, 5.74) is 0. The molecule has 1 unspecified atom stereocenters. The maximum Gasteiger partial charge on any atom is 0.282 e. The largest absolute Gasteiger partial charge is 0.313 e. The minimum atomic E-state index is -3.28. The lowest BCUT2D eigenvalue weighted by Crippen LogP contribution is -2.52. The molecule has 2 fully saturated rings. The molecule has 0 radical (unpaired) electrons. The van der Waals surface area contributed by atoms with Crippen LogP contribution in [0, 0.1) is 5.92 Å². The Bertz CT molecular complexity index is 399. The minimum Gasteiger partial charge on any atom is -0.313 e. The fourth-order valence-electron chi connectivity index (χ4n) is 3.25. The second-order valence-corrected chi connectivity index (χ2v) is 8.52. The van der Waals surface area contributed by atoms with Crippen LogP contribution >= 0.6 is 0 Å². The van der Waals surface area contributed by atoms with Gasteiger partial charge in [0.1, 0.15) is 0 Å². The van der Waals surface area contributed by atoms with Gasteiger partial charge in [-0.2, -0.15) is 17.0 Å². The van der Waals surface area contributed by atoms with E-state index in [2.05, 4.69) is 19.2 Å². The van der Waals surface area contributed by atoms with Gasteiger partial charge in [-0.25, -0.2) is 0 Å². The summed E-state index contributed by atoms with van der Waals surface area (Å²) < 4.78 is 29.2. The lowest BCUT2D eigenvalue weighted by molar-refractivity contribution is 0.250. The van der Waals surface area contributed by atoms with Gasteiger partial charge in [0.15, 0.2) is 0 Å². The van der Waals surface area contributed by atoms with Gasteiger partial charge in [0, 0.05) is 32.2 Å². The first-order valence-electron chi connectivity index (χ1n) is 8.52. The van der Waals surface area contributed by atoms with Gasteiger partial charge in [0.25, 0.3) is 10.2 Å². The van der Waals surface area contributed by atoms with Crippen molar-refractivity contribution in [2.75, 3.05) is 32.7 Å². The van der Waals surface area contributed by atoms with Crippen molar-refractivity contribution in [1.82, 2.24) is 13.9 Å². The number of rotatable bonds is 6. The van der Waals surface area contributed by atoms with Gasteiger partial charge in [-0.3, -0.25) is 0 Å². The average Bonchev–Trinajstić information content (AvgIpc) is 2.48. The predicted octanol–water partition coefficient (Wildman–Crippen LogP) is 1.82. The number of hydrogen-bond acceptors (Lipinski definition) is 3. The Morgan fingerprint density at radius 3 is 2.48 bits per heavy atom. The van der Waals surface area contributed by atoms with E-state index in [1.54, 1.807) is 8.61 Å². The van der Waals surface area contributed by atoms with Crippen molar-refractivity contribution < 1.29 is 8.42 Å². The van der Waals surface area contributed by atoms with Crippen LogP contribution in [0.3, 0.4) is 0 Å². The molecule has 0 spiro atoms. The standard InChI is InChI=1S/C15H31N3O2S/c1-3-10-18(13-15-6-4-5-9-16-15)21(19,20)17-11-7-14(2)8-12-17/h14-16H,3-13H2,1-2H3. The van der Waals surface area contributed by atoms with Crippen molar-refractivity contribution in [2.24, 2.45) is 5.92 Å². The van der Waals surface area contributed by atoms with E-state index in [9.17, 15) is 8.42 Å². The molecule has 0 saturated carbocycles. The Hall–Kier alpha value is -0.170. The Balaban J connectivity index is 2.00. The molecule has 2 aliphatic heterocycles. The van der Waals surface area contributed by atoms with E-state index in [0.717, 1.165) is 32.2 Å². The maximum absolute atomic E-state index is 12.9. The second-order valence-electron chi connectivity index (χ2n) is 6.59. The quantitative estimate of drug-likeness (QED) is 0.813. The van der Waals surface area contributed by atoms with Crippen LogP contribution < -0.4 is 5.32 Å². The highest BCUT2D eigenvalue weighted by Crippen LogP contribution is 2.21. The van der Waals surface area contributed by atoms with Crippen LogP contribution in [-0.4, -0.2) is 55.8 Å². The first kappa shape index (κ1) is 17.2. The molecule has 0 aromatic heterocycles. The molecule has 124 valence electrons. The van der Waals surface area contributed by atoms with Crippen LogP contribution in [0.2, 0.25) is 0 Å². The third-order valence-corrected chi connectivity index (χ3v) is 6.71. The van der Waals surface area contributed by atoms with E-state index < -0.39 is 10.2 Å². The summed E-state index contributed by atoms with van der Waals surface area (Å²) in [6.07, 6.45) is 6.35. The van der Waals surface area contributed by atoms with Crippen LogP contribution in [0.5, 0.6) is 0 Å². The Morgan fingerprint density at radius 2 is 1.90 bits per heavy atom. The third kappa shape index (κ3) is 4.65. The lowest BCUT2D eigenvalue weighted by Gasteiger charge is -2.36. The molecule has 21 heavy (non-hydrogen) atoms. The van der Waals surface area contributed by atoms with E-state index in [-0.39, 0.29) is 0 Å². The van der Waals surface area contributed by atoms with Crippen LogP contribution in [-0.2, 0) is 10.2 Å². The Kier molecular flexibility index (Phi) is 6.47. The fourth-order valence-corrected chi connectivity index (χ4v) is 5.04. The van der Waals surface area contributed by atoms with Crippen molar-refractivity contribution >= 4 is 10.2 Å². The molecular formula is C15H31N3O2S. The van der Waals surface area contributed by atoms with Gasteiger partial charge in [0.2, 0.25) is 0 Å². The molecule has 2 heterocycles. The molecule has 6 heteroatoms. The summed E-state index contributed by atoms with van der Waals surface area (Å²) in [7, 11) is -3.28. The normalized spacial score (nSPS) is 26.3. The molecule has 1 N–H and O–H groups in total. The van der Waals surface area contributed by atoms with Gasteiger partial charge in [-0.05, 0) is 44.6 Å². The van der Waals surface area contributed by atoms with Gasteiger partial charge in [-0.15, -0.1) is 0 Å². The summed E-state index contributed by atoms with van der Waals surface area (Å²) in [6, 6.07) is 0.323. The molecule has 0 aliphatic carbocycles. The number of nitrogens with zero attached hydrogens (tertiary/aromatic N) is 2. The average molecular weight is 317 g/mol. The molecule has 5 nitrogen and oxygen atoms in total. The zero-order valence-corrected chi connectivity index (χ0v) is 14.4. The molecule has 0 aromatic carbocycles. The highest BCUT2D eigenvalue weighted by atomic mass is 32.2.